The first-order valence-electron chi connectivity index (χ1n) is 10.2. The molecule has 4 aromatic rings. The number of hydrogen-bond acceptors (Lipinski definition) is 5. The zero-order valence-electron chi connectivity index (χ0n) is 16.9. The number of carbonyl (C=O) groups excluding carboxylic acids is 1. The van der Waals surface area contributed by atoms with Gasteiger partial charge in [0.05, 0.1) is 12.1 Å². The Morgan fingerprint density at radius 2 is 1.77 bits per heavy atom. The van der Waals surface area contributed by atoms with Gasteiger partial charge in [0.25, 0.3) is 0 Å². The summed E-state index contributed by atoms with van der Waals surface area (Å²) in [5.41, 5.74) is 9.95. The number of ether oxygens (including phenoxy) is 1. The maximum absolute atomic E-state index is 11.9. The molecule has 0 spiro atoms. The summed E-state index contributed by atoms with van der Waals surface area (Å²) in [5, 5.41) is 8.14. The lowest BCUT2D eigenvalue weighted by Gasteiger charge is -2.25. The van der Waals surface area contributed by atoms with Crippen LogP contribution in [-0.4, -0.2) is 22.6 Å². The number of aromatic nitrogens is 2. The minimum atomic E-state index is 0.227. The maximum atomic E-state index is 11.9. The second-order valence-corrected chi connectivity index (χ2v) is 7.60. The van der Waals surface area contributed by atoms with Crippen molar-refractivity contribution in [1.82, 2.24) is 9.78 Å². The first-order valence-corrected chi connectivity index (χ1v) is 10.2. The molecule has 1 aliphatic rings. The number of hydrogen-bond donors (Lipinski definition) is 2. The third kappa shape index (κ3) is 3.75. The first kappa shape index (κ1) is 18.9. The Hall–Kier alpha value is -4.06. The standard InChI is InChI=1S/C25H22N4O2/c26-20-6-4-5-18(13-20)19-14-27-25-23(16-30)24(28-29(25)15-19)17-9-11-22(12-10-17)31-21-7-2-1-3-8-21/h1-13,16,19,27H,14-15,26H2. The van der Waals surface area contributed by atoms with Crippen molar-refractivity contribution < 1.29 is 9.53 Å². The van der Waals surface area contributed by atoms with Crippen LogP contribution in [0.2, 0.25) is 0 Å². The highest BCUT2D eigenvalue weighted by Crippen LogP contribution is 2.34. The van der Waals surface area contributed by atoms with Crippen LogP contribution in [0.15, 0.2) is 78.9 Å². The van der Waals surface area contributed by atoms with Crippen LogP contribution in [0.5, 0.6) is 11.5 Å². The Balaban J connectivity index is 1.41. The molecule has 6 heteroatoms. The van der Waals surface area contributed by atoms with Gasteiger partial charge in [-0.15, -0.1) is 0 Å². The van der Waals surface area contributed by atoms with E-state index in [0.29, 0.717) is 17.8 Å². The molecule has 1 aromatic heterocycles. The van der Waals surface area contributed by atoms with Gasteiger partial charge in [-0.05, 0) is 54.1 Å². The van der Waals surface area contributed by atoms with Gasteiger partial charge in [0.2, 0.25) is 0 Å². The molecule has 154 valence electrons. The zero-order chi connectivity index (χ0) is 21.2. The molecule has 0 aliphatic carbocycles. The van der Waals surface area contributed by atoms with Crippen LogP contribution in [0.25, 0.3) is 11.3 Å². The number of nitrogens with one attached hydrogen (secondary N) is 1. The summed E-state index contributed by atoms with van der Waals surface area (Å²) in [6.07, 6.45) is 0.871. The average molecular weight is 410 g/mol. The highest BCUT2D eigenvalue weighted by Gasteiger charge is 2.26. The normalized spacial score (nSPS) is 15.0. The molecule has 3 N–H and O–H groups in total. The third-order valence-electron chi connectivity index (χ3n) is 5.50. The van der Waals surface area contributed by atoms with Gasteiger partial charge in [-0.3, -0.25) is 4.79 Å². The van der Waals surface area contributed by atoms with E-state index in [-0.39, 0.29) is 5.92 Å². The van der Waals surface area contributed by atoms with Crippen LogP contribution in [0, 0.1) is 0 Å². The third-order valence-corrected chi connectivity index (χ3v) is 5.50. The van der Waals surface area contributed by atoms with Gasteiger partial charge < -0.3 is 15.8 Å². The van der Waals surface area contributed by atoms with E-state index in [2.05, 4.69) is 11.4 Å². The van der Waals surface area contributed by atoms with E-state index < -0.39 is 0 Å². The van der Waals surface area contributed by atoms with Gasteiger partial charge in [0, 0.05) is 23.7 Å². The predicted molar refractivity (Wildman–Crippen MR) is 122 cm³/mol. The fourth-order valence-corrected chi connectivity index (χ4v) is 3.95. The molecule has 1 atom stereocenters. The molecule has 5 rings (SSSR count). The summed E-state index contributed by atoms with van der Waals surface area (Å²) in [6.45, 7) is 1.40. The molecule has 0 amide bonds. The van der Waals surface area contributed by atoms with Gasteiger partial charge in [-0.1, -0.05) is 30.3 Å². The van der Waals surface area contributed by atoms with E-state index in [1.807, 2.05) is 77.5 Å². The lowest BCUT2D eigenvalue weighted by Crippen LogP contribution is -2.26. The first-order chi connectivity index (χ1) is 15.2. The summed E-state index contributed by atoms with van der Waals surface area (Å²) in [4.78, 5) is 11.9. The van der Waals surface area contributed by atoms with Crippen molar-refractivity contribution >= 4 is 17.8 Å². The quantitative estimate of drug-likeness (QED) is 0.359. The number of carbonyl (C=O) groups is 1. The van der Waals surface area contributed by atoms with E-state index in [4.69, 9.17) is 15.6 Å². The van der Waals surface area contributed by atoms with Crippen molar-refractivity contribution in [2.45, 2.75) is 12.5 Å². The van der Waals surface area contributed by atoms with Crippen LogP contribution >= 0.6 is 0 Å². The highest BCUT2D eigenvalue weighted by molar-refractivity contribution is 5.92. The molecular formula is C25H22N4O2. The Labute approximate surface area is 180 Å². The fourth-order valence-electron chi connectivity index (χ4n) is 3.95. The SMILES string of the molecule is Nc1cccc(C2CNc3c(C=O)c(-c4ccc(Oc5ccccc5)cc4)nn3C2)c1. The molecule has 1 unspecified atom stereocenters. The number of nitrogens with zero attached hydrogens (tertiary/aromatic N) is 2. The average Bonchev–Trinajstić information content (AvgIpc) is 3.18. The lowest BCUT2D eigenvalue weighted by molar-refractivity contribution is 0.112. The van der Waals surface area contributed by atoms with E-state index in [1.165, 1.54) is 0 Å². The van der Waals surface area contributed by atoms with Crippen molar-refractivity contribution in [3.8, 4) is 22.8 Å². The summed E-state index contributed by atoms with van der Waals surface area (Å²) >= 11 is 0. The highest BCUT2D eigenvalue weighted by atomic mass is 16.5. The van der Waals surface area contributed by atoms with Gasteiger partial charge in [-0.25, -0.2) is 4.68 Å². The minimum absolute atomic E-state index is 0.227. The predicted octanol–water partition coefficient (Wildman–Crippen LogP) is 4.95. The van der Waals surface area contributed by atoms with Gasteiger partial charge in [0.1, 0.15) is 23.0 Å². The summed E-state index contributed by atoms with van der Waals surface area (Å²) < 4.78 is 7.74. The van der Waals surface area contributed by atoms with Crippen LogP contribution in [0.4, 0.5) is 11.5 Å². The molecule has 6 nitrogen and oxygen atoms in total. The summed E-state index contributed by atoms with van der Waals surface area (Å²) in [5.74, 6) is 2.49. The smallest absolute Gasteiger partial charge is 0.156 e. The second-order valence-electron chi connectivity index (χ2n) is 7.60. The summed E-state index contributed by atoms with van der Waals surface area (Å²) in [6, 6.07) is 25.2. The van der Waals surface area contributed by atoms with Crippen LogP contribution < -0.4 is 15.8 Å². The van der Waals surface area contributed by atoms with E-state index in [1.54, 1.807) is 0 Å². The maximum Gasteiger partial charge on any atom is 0.156 e. The van der Waals surface area contributed by atoms with Gasteiger partial charge in [0.15, 0.2) is 6.29 Å². The number of nitrogen functional groups attached to an aromatic ring is 1. The molecule has 0 radical (unpaired) electrons. The molecule has 1 aliphatic heterocycles. The van der Waals surface area contributed by atoms with Crippen molar-refractivity contribution in [2.24, 2.45) is 0 Å². The Bertz CT molecular complexity index is 1220. The molecule has 0 saturated carbocycles. The Morgan fingerprint density at radius 1 is 1.00 bits per heavy atom. The Morgan fingerprint density at radius 3 is 2.52 bits per heavy atom. The number of para-hydroxylation sites is 1. The van der Waals surface area contributed by atoms with Gasteiger partial charge in [-0.2, -0.15) is 5.10 Å². The molecule has 0 saturated heterocycles. The molecule has 31 heavy (non-hydrogen) atoms. The zero-order valence-corrected chi connectivity index (χ0v) is 16.9. The minimum Gasteiger partial charge on any atom is -0.457 e. The van der Waals surface area contributed by atoms with Crippen LogP contribution in [-0.2, 0) is 6.54 Å². The van der Waals surface area contributed by atoms with E-state index in [9.17, 15) is 4.79 Å². The fraction of sp³-hybridized carbons (Fsp3) is 0.120. The number of rotatable bonds is 5. The van der Waals surface area contributed by atoms with Crippen molar-refractivity contribution in [1.29, 1.82) is 0 Å². The number of anilines is 2. The number of fused-ring (bicyclic) bond motifs is 1. The molecule has 0 fully saturated rings. The van der Waals surface area contributed by atoms with Gasteiger partial charge >= 0.3 is 0 Å². The molecule has 3 aromatic carbocycles. The topological polar surface area (TPSA) is 82.2 Å². The second kappa shape index (κ2) is 7.99. The van der Waals surface area contributed by atoms with E-state index >= 15 is 0 Å². The van der Waals surface area contributed by atoms with Crippen LogP contribution in [0.1, 0.15) is 21.8 Å². The molecular weight excluding hydrogens is 388 g/mol. The monoisotopic (exact) mass is 410 g/mol. The lowest BCUT2D eigenvalue weighted by atomic mass is 9.97. The number of aldehydes is 1. The van der Waals surface area contributed by atoms with Crippen molar-refractivity contribution in [2.75, 3.05) is 17.6 Å². The largest absolute Gasteiger partial charge is 0.457 e. The molecule has 2 heterocycles. The number of nitrogens with two attached hydrogens (primary N) is 1. The summed E-state index contributed by atoms with van der Waals surface area (Å²) in [7, 11) is 0. The van der Waals surface area contributed by atoms with Crippen LogP contribution in [0.3, 0.4) is 0 Å². The Kier molecular flexibility index (Phi) is 4.88. The van der Waals surface area contributed by atoms with Crippen molar-refractivity contribution in [3.63, 3.8) is 0 Å². The van der Waals surface area contributed by atoms with Crippen molar-refractivity contribution in [3.05, 3.63) is 90.0 Å². The number of benzene rings is 3. The molecule has 0 bridgehead atoms. The van der Waals surface area contributed by atoms with E-state index in [0.717, 1.165) is 47.0 Å².